The largest absolute Gasteiger partial charge is 0.296 e. The molecule has 2 aromatic rings. The van der Waals surface area contributed by atoms with E-state index in [1.807, 2.05) is 24.3 Å². The summed E-state index contributed by atoms with van der Waals surface area (Å²) in [7, 11) is -3.78. The molecule has 0 atom stereocenters. The summed E-state index contributed by atoms with van der Waals surface area (Å²) in [4.78, 5) is 12.6. The molecule has 1 fully saturated rings. The van der Waals surface area contributed by atoms with Crippen LogP contribution in [0.3, 0.4) is 0 Å². The van der Waals surface area contributed by atoms with Crippen molar-refractivity contribution in [3.05, 3.63) is 68.7 Å². The molecule has 1 aliphatic rings. The lowest BCUT2D eigenvalue weighted by Gasteiger charge is -2.34. The predicted octanol–water partition coefficient (Wildman–Crippen LogP) is 3.06. The standard InChI is InChI=1S/C18H20ClN3O4S/c1-14-6-7-16(22(23)24)12-18(14)27(25,26)21-10-8-20(9-11-21)13-15-4-2-3-5-17(15)19/h2-7,12H,8-11,13H2,1H3. The number of aryl methyl sites for hydroxylation is 1. The molecule has 1 heterocycles. The third-order valence-corrected chi connectivity index (χ3v) is 7.09. The van der Waals surface area contributed by atoms with E-state index in [-0.39, 0.29) is 10.6 Å². The molecule has 0 N–H and O–H groups in total. The lowest BCUT2D eigenvalue weighted by molar-refractivity contribution is -0.385. The summed E-state index contributed by atoms with van der Waals surface area (Å²) in [5.41, 5.74) is 1.28. The van der Waals surface area contributed by atoms with Gasteiger partial charge in [-0.3, -0.25) is 15.0 Å². The van der Waals surface area contributed by atoms with Crippen molar-refractivity contribution in [1.82, 2.24) is 9.21 Å². The number of halogens is 1. The van der Waals surface area contributed by atoms with E-state index in [4.69, 9.17) is 11.6 Å². The monoisotopic (exact) mass is 409 g/mol. The molecule has 0 aromatic heterocycles. The zero-order chi connectivity index (χ0) is 19.6. The molecule has 1 saturated heterocycles. The summed E-state index contributed by atoms with van der Waals surface area (Å²) in [6, 6.07) is 11.5. The number of benzene rings is 2. The van der Waals surface area contributed by atoms with Gasteiger partial charge in [-0.1, -0.05) is 35.9 Å². The van der Waals surface area contributed by atoms with E-state index < -0.39 is 14.9 Å². The summed E-state index contributed by atoms with van der Waals surface area (Å²) in [6.07, 6.45) is 0. The number of nitro groups is 1. The highest BCUT2D eigenvalue weighted by Crippen LogP contribution is 2.26. The van der Waals surface area contributed by atoms with Crippen molar-refractivity contribution in [3.8, 4) is 0 Å². The first-order chi connectivity index (χ1) is 12.8. The van der Waals surface area contributed by atoms with Crippen LogP contribution in [0.2, 0.25) is 5.02 Å². The summed E-state index contributed by atoms with van der Waals surface area (Å²) in [5.74, 6) is 0. The van der Waals surface area contributed by atoms with Crippen molar-refractivity contribution < 1.29 is 13.3 Å². The van der Waals surface area contributed by atoms with Crippen LogP contribution in [0.1, 0.15) is 11.1 Å². The molecular weight excluding hydrogens is 390 g/mol. The molecule has 0 saturated carbocycles. The highest BCUT2D eigenvalue weighted by Gasteiger charge is 2.30. The second kappa shape index (κ2) is 7.93. The highest BCUT2D eigenvalue weighted by molar-refractivity contribution is 7.89. The Hall–Kier alpha value is -2.00. The Balaban J connectivity index is 1.73. The van der Waals surface area contributed by atoms with Crippen molar-refractivity contribution in [1.29, 1.82) is 0 Å². The third-order valence-electron chi connectivity index (χ3n) is 4.68. The van der Waals surface area contributed by atoms with Gasteiger partial charge in [0, 0.05) is 49.9 Å². The Morgan fingerprint density at radius 1 is 1.11 bits per heavy atom. The molecule has 3 rings (SSSR count). The van der Waals surface area contributed by atoms with Gasteiger partial charge in [-0.15, -0.1) is 0 Å². The van der Waals surface area contributed by atoms with Crippen molar-refractivity contribution in [2.24, 2.45) is 0 Å². The maximum absolute atomic E-state index is 13.0. The van der Waals surface area contributed by atoms with Gasteiger partial charge in [0.05, 0.1) is 9.82 Å². The Bertz CT molecular complexity index is 957. The van der Waals surface area contributed by atoms with Gasteiger partial charge in [0.25, 0.3) is 5.69 Å². The number of non-ortho nitro benzene ring substituents is 1. The average molecular weight is 410 g/mol. The molecule has 0 amide bonds. The van der Waals surface area contributed by atoms with E-state index in [1.54, 1.807) is 6.92 Å². The van der Waals surface area contributed by atoms with Crippen molar-refractivity contribution in [3.63, 3.8) is 0 Å². The number of nitro benzene ring substituents is 1. The molecule has 2 aromatic carbocycles. The normalized spacial score (nSPS) is 16.4. The Kier molecular flexibility index (Phi) is 5.81. The average Bonchev–Trinajstić information content (AvgIpc) is 2.64. The van der Waals surface area contributed by atoms with E-state index >= 15 is 0 Å². The zero-order valence-electron chi connectivity index (χ0n) is 14.8. The maximum Gasteiger partial charge on any atom is 0.270 e. The smallest absolute Gasteiger partial charge is 0.270 e. The Morgan fingerprint density at radius 3 is 2.41 bits per heavy atom. The molecule has 7 nitrogen and oxygen atoms in total. The first kappa shape index (κ1) is 19.8. The minimum atomic E-state index is -3.78. The third kappa shape index (κ3) is 4.30. The summed E-state index contributed by atoms with van der Waals surface area (Å²) < 4.78 is 27.3. The fraction of sp³-hybridized carbons (Fsp3) is 0.333. The van der Waals surface area contributed by atoms with Gasteiger partial charge < -0.3 is 0 Å². The second-order valence-electron chi connectivity index (χ2n) is 6.48. The summed E-state index contributed by atoms with van der Waals surface area (Å²) in [5, 5.41) is 11.7. The maximum atomic E-state index is 13.0. The SMILES string of the molecule is Cc1ccc([N+](=O)[O-])cc1S(=O)(=O)N1CCN(Cc2ccccc2Cl)CC1. The van der Waals surface area contributed by atoms with E-state index in [0.717, 1.165) is 11.6 Å². The number of hydrogen-bond acceptors (Lipinski definition) is 5. The quantitative estimate of drug-likeness (QED) is 0.559. The van der Waals surface area contributed by atoms with Gasteiger partial charge in [0.15, 0.2) is 0 Å². The molecule has 9 heteroatoms. The highest BCUT2D eigenvalue weighted by atomic mass is 35.5. The lowest BCUT2D eigenvalue weighted by Crippen LogP contribution is -2.48. The van der Waals surface area contributed by atoms with Crippen LogP contribution >= 0.6 is 11.6 Å². The Labute approximate surface area is 163 Å². The molecule has 1 aliphatic heterocycles. The zero-order valence-corrected chi connectivity index (χ0v) is 16.4. The fourth-order valence-corrected chi connectivity index (χ4v) is 4.98. The molecule has 0 spiro atoms. The molecule has 27 heavy (non-hydrogen) atoms. The predicted molar refractivity (Wildman–Crippen MR) is 103 cm³/mol. The van der Waals surface area contributed by atoms with Gasteiger partial charge in [-0.25, -0.2) is 8.42 Å². The first-order valence-corrected chi connectivity index (χ1v) is 10.3. The number of rotatable bonds is 5. The van der Waals surface area contributed by atoms with Gasteiger partial charge in [0.1, 0.15) is 0 Å². The van der Waals surface area contributed by atoms with Gasteiger partial charge >= 0.3 is 0 Å². The van der Waals surface area contributed by atoms with E-state index in [0.29, 0.717) is 43.3 Å². The number of sulfonamides is 1. The molecule has 0 bridgehead atoms. The van der Waals surface area contributed by atoms with Crippen molar-refractivity contribution in [2.45, 2.75) is 18.4 Å². The van der Waals surface area contributed by atoms with Crippen LogP contribution in [-0.2, 0) is 16.6 Å². The van der Waals surface area contributed by atoms with Crippen LogP contribution in [0, 0.1) is 17.0 Å². The fourth-order valence-electron chi connectivity index (χ4n) is 3.11. The minimum Gasteiger partial charge on any atom is -0.296 e. The lowest BCUT2D eigenvalue weighted by atomic mass is 10.2. The van der Waals surface area contributed by atoms with Crippen LogP contribution in [0.25, 0.3) is 0 Å². The van der Waals surface area contributed by atoms with Crippen LogP contribution in [0.4, 0.5) is 5.69 Å². The number of piperazine rings is 1. The van der Waals surface area contributed by atoms with Gasteiger partial charge in [-0.2, -0.15) is 4.31 Å². The van der Waals surface area contributed by atoms with E-state index in [2.05, 4.69) is 4.90 Å². The number of nitrogens with zero attached hydrogens (tertiary/aromatic N) is 3. The number of hydrogen-bond donors (Lipinski definition) is 0. The molecule has 0 aliphatic carbocycles. The minimum absolute atomic E-state index is 0.00347. The first-order valence-electron chi connectivity index (χ1n) is 8.50. The molecular formula is C18H20ClN3O4S. The van der Waals surface area contributed by atoms with Crippen molar-refractivity contribution >= 4 is 27.3 Å². The van der Waals surface area contributed by atoms with Gasteiger partial charge in [0.2, 0.25) is 10.0 Å². The Morgan fingerprint density at radius 2 is 1.78 bits per heavy atom. The summed E-state index contributed by atoms with van der Waals surface area (Å²) >= 11 is 6.19. The van der Waals surface area contributed by atoms with Crippen LogP contribution in [-0.4, -0.2) is 48.7 Å². The molecule has 0 unspecified atom stereocenters. The second-order valence-corrected chi connectivity index (χ2v) is 8.79. The molecule has 0 radical (unpaired) electrons. The summed E-state index contributed by atoms with van der Waals surface area (Å²) in [6.45, 7) is 4.09. The van der Waals surface area contributed by atoms with E-state index in [1.165, 1.54) is 16.4 Å². The molecule has 144 valence electrons. The van der Waals surface area contributed by atoms with Crippen LogP contribution in [0.5, 0.6) is 0 Å². The van der Waals surface area contributed by atoms with Crippen molar-refractivity contribution in [2.75, 3.05) is 26.2 Å². The van der Waals surface area contributed by atoms with E-state index in [9.17, 15) is 18.5 Å². The van der Waals surface area contributed by atoms with Crippen LogP contribution in [0.15, 0.2) is 47.4 Å². The van der Waals surface area contributed by atoms with Gasteiger partial charge in [-0.05, 0) is 24.1 Å². The van der Waals surface area contributed by atoms with Crippen LogP contribution < -0.4 is 0 Å². The topological polar surface area (TPSA) is 83.8 Å².